The fraction of sp³-hybridized carbons (Fsp3) is 0.333. The minimum absolute atomic E-state index is 0.145. The first-order chi connectivity index (χ1) is 9.45. The van der Waals surface area contributed by atoms with Crippen LogP contribution in [0.5, 0.6) is 0 Å². The fourth-order valence-corrected chi connectivity index (χ4v) is 3.29. The van der Waals surface area contributed by atoms with Gasteiger partial charge in [0, 0.05) is 27.6 Å². The molecule has 1 aromatic heterocycles. The molecule has 3 rings (SSSR count). The lowest BCUT2D eigenvalue weighted by Crippen LogP contribution is -2.08. The van der Waals surface area contributed by atoms with E-state index in [1.54, 1.807) is 4.57 Å². The molecule has 1 aliphatic rings. The predicted molar refractivity (Wildman–Crippen MR) is 78.3 cm³/mol. The molecule has 1 aliphatic carbocycles. The van der Waals surface area contributed by atoms with Crippen LogP contribution in [-0.2, 0) is 15.5 Å². The molecule has 1 aromatic carbocycles. The summed E-state index contributed by atoms with van der Waals surface area (Å²) in [5, 5.41) is 7.60. The monoisotopic (exact) mass is 375 g/mol. The van der Waals surface area contributed by atoms with E-state index in [4.69, 9.17) is 10.7 Å². The summed E-state index contributed by atoms with van der Waals surface area (Å²) in [5.41, 5.74) is 1.04. The molecule has 20 heavy (non-hydrogen) atoms. The molecule has 0 atom stereocenters. The highest BCUT2D eigenvalue weighted by Crippen LogP contribution is 2.38. The van der Waals surface area contributed by atoms with E-state index in [0.29, 0.717) is 12.2 Å². The second kappa shape index (κ2) is 5.13. The summed E-state index contributed by atoms with van der Waals surface area (Å²) in [5.74, 6) is 0.633. The third-order valence-corrected chi connectivity index (χ3v) is 4.80. The van der Waals surface area contributed by atoms with Crippen LogP contribution in [0.1, 0.15) is 30.3 Å². The molecule has 106 valence electrons. The Morgan fingerprint density at radius 2 is 1.90 bits per heavy atom. The van der Waals surface area contributed by atoms with Crippen LogP contribution in [-0.4, -0.2) is 23.2 Å². The Morgan fingerprint density at radius 3 is 2.45 bits per heavy atom. The molecule has 0 bridgehead atoms. The Morgan fingerprint density at radius 1 is 1.25 bits per heavy atom. The van der Waals surface area contributed by atoms with Gasteiger partial charge in [-0.25, -0.2) is 8.42 Å². The van der Waals surface area contributed by atoms with Gasteiger partial charge in [0.25, 0.3) is 14.2 Å². The van der Waals surface area contributed by atoms with Gasteiger partial charge in [0.1, 0.15) is 5.82 Å². The van der Waals surface area contributed by atoms with Crippen LogP contribution >= 0.6 is 26.6 Å². The van der Waals surface area contributed by atoms with Crippen molar-refractivity contribution >= 4 is 35.7 Å². The van der Waals surface area contributed by atoms with Gasteiger partial charge in [-0.05, 0) is 30.5 Å². The van der Waals surface area contributed by atoms with E-state index in [1.165, 1.54) is 0 Å². The van der Waals surface area contributed by atoms with Gasteiger partial charge in [-0.15, -0.1) is 10.2 Å². The molecule has 1 fully saturated rings. The van der Waals surface area contributed by atoms with Crippen molar-refractivity contribution in [1.82, 2.24) is 14.8 Å². The summed E-state index contributed by atoms with van der Waals surface area (Å²) in [7, 11) is 1.55. The lowest BCUT2D eigenvalue weighted by Gasteiger charge is -2.07. The maximum absolute atomic E-state index is 11.5. The third-order valence-electron chi connectivity index (χ3n) is 3.14. The standard InChI is InChI=1S/C12H11BrClN3O2S/c13-9-3-1-8(2-4-9)7-11-15-16-12(20(14,18)19)17(11)10-5-6-10/h1-4,10H,5-7H2. The first-order valence-electron chi connectivity index (χ1n) is 6.08. The molecule has 0 radical (unpaired) electrons. The van der Waals surface area contributed by atoms with Crippen LogP contribution in [0.4, 0.5) is 0 Å². The average Bonchev–Trinajstić information content (AvgIpc) is 3.12. The van der Waals surface area contributed by atoms with E-state index in [1.807, 2.05) is 24.3 Å². The van der Waals surface area contributed by atoms with Gasteiger partial charge in [0.2, 0.25) is 0 Å². The second-order valence-electron chi connectivity index (χ2n) is 4.74. The van der Waals surface area contributed by atoms with E-state index in [0.717, 1.165) is 22.9 Å². The van der Waals surface area contributed by atoms with Gasteiger partial charge < -0.3 is 0 Å². The summed E-state index contributed by atoms with van der Waals surface area (Å²) in [6.45, 7) is 0. The topological polar surface area (TPSA) is 64.8 Å². The zero-order valence-electron chi connectivity index (χ0n) is 10.3. The second-order valence-corrected chi connectivity index (χ2v) is 8.12. The smallest absolute Gasteiger partial charge is 0.296 e. The number of hydrogen-bond acceptors (Lipinski definition) is 4. The maximum atomic E-state index is 11.5. The molecule has 0 aliphatic heterocycles. The fourth-order valence-electron chi connectivity index (χ4n) is 2.08. The van der Waals surface area contributed by atoms with Crippen LogP contribution in [0.2, 0.25) is 0 Å². The van der Waals surface area contributed by atoms with Gasteiger partial charge >= 0.3 is 0 Å². The van der Waals surface area contributed by atoms with Crippen LogP contribution in [0.25, 0.3) is 0 Å². The number of aromatic nitrogens is 3. The minimum atomic E-state index is -3.86. The molecule has 5 nitrogen and oxygen atoms in total. The molecule has 1 saturated carbocycles. The van der Waals surface area contributed by atoms with Crippen molar-refractivity contribution in [1.29, 1.82) is 0 Å². The van der Waals surface area contributed by atoms with Crippen molar-refractivity contribution in [3.63, 3.8) is 0 Å². The SMILES string of the molecule is O=S(=O)(Cl)c1nnc(Cc2ccc(Br)cc2)n1C1CC1. The van der Waals surface area contributed by atoms with Gasteiger partial charge in [-0.2, -0.15) is 0 Å². The van der Waals surface area contributed by atoms with Crippen molar-refractivity contribution in [2.75, 3.05) is 0 Å². The molecule has 8 heteroatoms. The van der Waals surface area contributed by atoms with E-state index >= 15 is 0 Å². The first kappa shape index (κ1) is 14.0. The average molecular weight is 377 g/mol. The van der Waals surface area contributed by atoms with Crippen molar-refractivity contribution in [2.24, 2.45) is 0 Å². The lowest BCUT2D eigenvalue weighted by atomic mass is 10.1. The number of nitrogens with zero attached hydrogens (tertiary/aromatic N) is 3. The van der Waals surface area contributed by atoms with Crippen molar-refractivity contribution < 1.29 is 8.42 Å². The molecule has 0 saturated heterocycles. The van der Waals surface area contributed by atoms with Crippen LogP contribution in [0.15, 0.2) is 33.9 Å². The summed E-state index contributed by atoms with van der Waals surface area (Å²) in [4.78, 5) is 0. The van der Waals surface area contributed by atoms with Crippen molar-refractivity contribution in [2.45, 2.75) is 30.5 Å². The summed E-state index contributed by atoms with van der Waals surface area (Å²) in [6.07, 6.45) is 2.40. The molecule has 0 unspecified atom stereocenters. The largest absolute Gasteiger partial charge is 0.297 e. The minimum Gasteiger partial charge on any atom is -0.297 e. The molecule has 1 heterocycles. The van der Waals surface area contributed by atoms with E-state index < -0.39 is 9.05 Å². The maximum Gasteiger partial charge on any atom is 0.296 e. The quantitative estimate of drug-likeness (QED) is 0.770. The molecule has 0 N–H and O–H groups in total. The highest BCUT2D eigenvalue weighted by Gasteiger charge is 2.33. The lowest BCUT2D eigenvalue weighted by molar-refractivity contribution is 0.571. The Hall–Kier alpha value is -0.920. The molecular formula is C12H11BrClN3O2S. The molecule has 2 aromatic rings. The predicted octanol–water partition coefficient (Wildman–Crippen LogP) is 2.89. The first-order valence-corrected chi connectivity index (χ1v) is 9.18. The highest BCUT2D eigenvalue weighted by atomic mass is 79.9. The summed E-state index contributed by atoms with van der Waals surface area (Å²) < 4.78 is 25.7. The summed E-state index contributed by atoms with van der Waals surface area (Å²) in [6, 6.07) is 7.95. The van der Waals surface area contributed by atoms with Gasteiger partial charge in [-0.3, -0.25) is 4.57 Å². The number of rotatable bonds is 4. The molecule has 0 spiro atoms. The Labute approximate surface area is 129 Å². The normalized spacial score (nSPS) is 15.5. The van der Waals surface area contributed by atoms with Gasteiger partial charge in [0.15, 0.2) is 0 Å². The molecular weight excluding hydrogens is 366 g/mol. The highest BCUT2D eigenvalue weighted by molar-refractivity contribution is 9.10. The Balaban J connectivity index is 1.98. The van der Waals surface area contributed by atoms with Crippen LogP contribution in [0.3, 0.4) is 0 Å². The van der Waals surface area contributed by atoms with Crippen LogP contribution in [0, 0.1) is 0 Å². The van der Waals surface area contributed by atoms with Crippen molar-refractivity contribution in [3.8, 4) is 0 Å². The number of hydrogen-bond donors (Lipinski definition) is 0. The van der Waals surface area contributed by atoms with Crippen LogP contribution < -0.4 is 0 Å². The van der Waals surface area contributed by atoms with E-state index in [-0.39, 0.29) is 11.2 Å². The van der Waals surface area contributed by atoms with E-state index in [9.17, 15) is 8.42 Å². The number of benzene rings is 1. The zero-order valence-corrected chi connectivity index (χ0v) is 13.5. The zero-order chi connectivity index (χ0) is 14.3. The van der Waals surface area contributed by atoms with Crippen molar-refractivity contribution in [3.05, 3.63) is 40.1 Å². The summed E-state index contributed by atoms with van der Waals surface area (Å²) >= 11 is 3.38. The Kier molecular flexibility index (Phi) is 3.60. The van der Waals surface area contributed by atoms with Gasteiger partial charge in [-0.1, -0.05) is 28.1 Å². The number of halogens is 2. The Bertz CT molecular complexity index is 739. The molecule has 0 amide bonds. The third kappa shape index (κ3) is 2.89. The van der Waals surface area contributed by atoms with Gasteiger partial charge in [0.05, 0.1) is 0 Å². The van der Waals surface area contributed by atoms with E-state index in [2.05, 4.69) is 26.1 Å².